The van der Waals surface area contributed by atoms with Crippen LogP contribution in [-0.2, 0) is 14.3 Å². The smallest absolute Gasteiger partial charge is 0.407 e. The predicted octanol–water partition coefficient (Wildman–Crippen LogP) is 2.47. The van der Waals surface area contributed by atoms with Crippen LogP contribution in [0.25, 0.3) is 0 Å². The number of alkyl carbamates (subject to hydrolysis) is 1. The van der Waals surface area contributed by atoms with Crippen molar-refractivity contribution >= 4 is 12.1 Å². The average Bonchev–Trinajstić information content (AvgIpc) is 2.31. The van der Waals surface area contributed by atoms with Gasteiger partial charge in [-0.15, -0.1) is 0 Å². The Morgan fingerprint density at radius 1 is 1.14 bits per heavy atom. The summed E-state index contributed by atoms with van der Waals surface area (Å²) in [6.45, 7) is 14.0. The molecule has 1 amide bonds. The third kappa shape index (κ3) is 10.4. The van der Waals surface area contributed by atoms with Crippen LogP contribution < -0.4 is 10.6 Å². The summed E-state index contributed by atoms with van der Waals surface area (Å²) in [4.78, 5) is 23.6. The molecule has 0 unspecified atom stereocenters. The Morgan fingerprint density at radius 3 is 2.18 bits per heavy atom. The molecule has 6 heteroatoms. The zero-order chi connectivity index (χ0) is 17.3. The highest BCUT2D eigenvalue weighted by molar-refractivity contribution is 5.75. The molecule has 130 valence electrons. The number of hydrogen-bond acceptors (Lipinski definition) is 5. The molecular weight excluding hydrogens is 284 g/mol. The van der Waals surface area contributed by atoms with Crippen molar-refractivity contribution in [1.82, 2.24) is 10.6 Å². The van der Waals surface area contributed by atoms with E-state index in [0.29, 0.717) is 25.5 Å². The summed E-state index contributed by atoms with van der Waals surface area (Å²) in [7, 11) is 0. The van der Waals surface area contributed by atoms with Crippen LogP contribution in [0, 0.1) is 5.92 Å². The Balaban J connectivity index is 4.33. The molecule has 0 saturated heterocycles. The predicted molar refractivity (Wildman–Crippen MR) is 86.7 cm³/mol. The van der Waals surface area contributed by atoms with Crippen LogP contribution >= 0.6 is 0 Å². The Morgan fingerprint density at radius 2 is 1.73 bits per heavy atom. The van der Waals surface area contributed by atoms with E-state index >= 15 is 0 Å². The van der Waals surface area contributed by atoms with E-state index in [2.05, 4.69) is 24.5 Å². The standard InChI is InChI=1S/C16H32N2O4/c1-8-21-14(19)13(9-11(2)3)17-10-12(4)18-15(20)22-16(5,6)7/h11-13,17H,8-10H2,1-7H3,(H,18,20)/t12-,13-/m0/s1. The van der Waals surface area contributed by atoms with Gasteiger partial charge in [0, 0.05) is 12.6 Å². The first-order valence-corrected chi connectivity index (χ1v) is 7.94. The molecule has 2 N–H and O–H groups in total. The first kappa shape index (κ1) is 20.7. The molecule has 0 saturated carbocycles. The van der Waals surface area contributed by atoms with E-state index in [9.17, 15) is 9.59 Å². The zero-order valence-corrected chi connectivity index (χ0v) is 15.0. The number of ether oxygens (including phenoxy) is 2. The lowest BCUT2D eigenvalue weighted by atomic mass is 10.0. The van der Waals surface area contributed by atoms with Crippen molar-refractivity contribution in [2.45, 2.75) is 72.6 Å². The molecule has 0 heterocycles. The molecule has 6 nitrogen and oxygen atoms in total. The number of esters is 1. The van der Waals surface area contributed by atoms with E-state index in [4.69, 9.17) is 9.47 Å². The minimum Gasteiger partial charge on any atom is -0.465 e. The molecule has 0 rings (SSSR count). The van der Waals surface area contributed by atoms with Gasteiger partial charge in [0.25, 0.3) is 0 Å². The van der Waals surface area contributed by atoms with Gasteiger partial charge in [0.05, 0.1) is 6.61 Å². The summed E-state index contributed by atoms with van der Waals surface area (Å²) in [5.74, 6) is 0.122. The van der Waals surface area contributed by atoms with E-state index in [-0.39, 0.29) is 18.1 Å². The fraction of sp³-hybridized carbons (Fsp3) is 0.875. The van der Waals surface area contributed by atoms with Gasteiger partial charge in [-0.25, -0.2) is 4.79 Å². The van der Waals surface area contributed by atoms with E-state index in [0.717, 1.165) is 0 Å². The number of rotatable bonds is 8. The van der Waals surface area contributed by atoms with Crippen molar-refractivity contribution in [2.75, 3.05) is 13.2 Å². The molecule has 22 heavy (non-hydrogen) atoms. The summed E-state index contributed by atoms with van der Waals surface area (Å²) >= 11 is 0. The Bertz CT molecular complexity index is 351. The maximum Gasteiger partial charge on any atom is 0.407 e. The van der Waals surface area contributed by atoms with E-state index in [1.54, 1.807) is 6.92 Å². The second-order valence-electron chi connectivity index (χ2n) is 6.89. The van der Waals surface area contributed by atoms with E-state index < -0.39 is 11.7 Å². The highest BCUT2D eigenvalue weighted by atomic mass is 16.6. The SMILES string of the molecule is CCOC(=O)[C@H](CC(C)C)NC[C@H](C)NC(=O)OC(C)(C)C. The van der Waals surface area contributed by atoms with Crippen molar-refractivity contribution in [3.05, 3.63) is 0 Å². The third-order valence-electron chi connectivity index (χ3n) is 2.71. The Kier molecular flexibility index (Phi) is 9.09. The van der Waals surface area contributed by atoms with Crippen LogP contribution in [0.3, 0.4) is 0 Å². The first-order valence-electron chi connectivity index (χ1n) is 7.94. The Labute approximate surface area is 134 Å². The van der Waals surface area contributed by atoms with Gasteiger partial charge in [-0.05, 0) is 47.0 Å². The van der Waals surface area contributed by atoms with Gasteiger partial charge in [-0.3, -0.25) is 4.79 Å². The minimum absolute atomic E-state index is 0.154. The minimum atomic E-state index is -0.525. The van der Waals surface area contributed by atoms with Crippen molar-refractivity contribution in [1.29, 1.82) is 0 Å². The topological polar surface area (TPSA) is 76.7 Å². The fourth-order valence-electron chi connectivity index (χ4n) is 1.86. The van der Waals surface area contributed by atoms with Crippen LogP contribution in [0.15, 0.2) is 0 Å². The van der Waals surface area contributed by atoms with Crippen LogP contribution in [0.1, 0.15) is 54.9 Å². The number of carbonyl (C=O) groups excluding carboxylic acids is 2. The van der Waals surface area contributed by atoms with Crippen molar-refractivity contribution in [3.8, 4) is 0 Å². The van der Waals surface area contributed by atoms with Crippen molar-refractivity contribution in [2.24, 2.45) is 5.92 Å². The maximum absolute atomic E-state index is 11.9. The highest BCUT2D eigenvalue weighted by Gasteiger charge is 2.22. The van der Waals surface area contributed by atoms with Crippen molar-refractivity contribution in [3.63, 3.8) is 0 Å². The van der Waals surface area contributed by atoms with Crippen LogP contribution in [0.2, 0.25) is 0 Å². The summed E-state index contributed by atoms with van der Waals surface area (Å²) in [6.07, 6.45) is 0.233. The maximum atomic E-state index is 11.9. The molecule has 0 aromatic heterocycles. The molecular formula is C16H32N2O4. The lowest BCUT2D eigenvalue weighted by Crippen LogP contribution is -2.47. The molecule has 0 spiro atoms. The van der Waals surface area contributed by atoms with Gasteiger partial charge in [-0.1, -0.05) is 13.8 Å². The normalized spacial score (nSPS) is 14.4. The van der Waals surface area contributed by atoms with Gasteiger partial charge < -0.3 is 20.1 Å². The van der Waals surface area contributed by atoms with Gasteiger partial charge in [0.1, 0.15) is 11.6 Å². The van der Waals surface area contributed by atoms with Crippen LogP contribution in [0.5, 0.6) is 0 Å². The number of carbonyl (C=O) groups is 2. The number of amides is 1. The van der Waals surface area contributed by atoms with Crippen LogP contribution in [0.4, 0.5) is 4.79 Å². The van der Waals surface area contributed by atoms with Crippen LogP contribution in [-0.4, -0.2) is 42.9 Å². The monoisotopic (exact) mass is 316 g/mol. The second kappa shape index (κ2) is 9.66. The number of hydrogen-bond donors (Lipinski definition) is 2. The summed E-state index contributed by atoms with van der Waals surface area (Å²) in [5, 5.41) is 5.90. The number of nitrogens with one attached hydrogen (secondary N) is 2. The average molecular weight is 316 g/mol. The molecule has 0 radical (unpaired) electrons. The van der Waals surface area contributed by atoms with Gasteiger partial charge in [0.15, 0.2) is 0 Å². The molecule has 0 aliphatic carbocycles. The molecule has 0 aromatic carbocycles. The molecule has 0 aliphatic heterocycles. The second-order valence-corrected chi connectivity index (χ2v) is 6.89. The lowest BCUT2D eigenvalue weighted by molar-refractivity contribution is -0.146. The molecule has 2 atom stereocenters. The quantitative estimate of drug-likeness (QED) is 0.673. The van der Waals surface area contributed by atoms with Gasteiger partial charge >= 0.3 is 12.1 Å². The first-order chi connectivity index (χ1) is 10.0. The van der Waals surface area contributed by atoms with E-state index in [1.807, 2.05) is 27.7 Å². The largest absolute Gasteiger partial charge is 0.465 e. The molecule has 0 aliphatic rings. The fourth-order valence-corrected chi connectivity index (χ4v) is 1.86. The molecule has 0 bridgehead atoms. The highest BCUT2D eigenvalue weighted by Crippen LogP contribution is 2.08. The summed E-state index contributed by atoms with van der Waals surface area (Å²) in [6, 6.07) is -0.512. The van der Waals surface area contributed by atoms with Gasteiger partial charge in [0.2, 0.25) is 0 Å². The third-order valence-corrected chi connectivity index (χ3v) is 2.71. The Hall–Kier alpha value is -1.30. The summed E-state index contributed by atoms with van der Waals surface area (Å²) in [5.41, 5.74) is -0.525. The molecule has 0 fully saturated rings. The van der Waals surface area contributed by atoms with E-state index in [1.165, 1.54) is 0 Å². The lowest BCUT2D eigenvalue weighted by Gasteiger charge is -2.24. The van der Waals surface area contributed by atoms with Gasteiger partial charge in [-0.2, -0.15) is 0 Å². The van der Waals surface area contributed by atoms with Crippen molar-refractivity contribution < 1.29 is 19.1 Å². The molecule has 0 aromatic rings. The zero-order valence-electron chi connectivity index (χ0n) is 15.0. The summed E-state index contributed by atoms with van der Waals surface area (Å²) < 4.78 is 10.3.